The molecular formula is C16H27BrN4. The first-order valence-corrected chi connectivity index (χ1v) is 9.04. The lowest BCUT2D eigenvalue weighted by molar-refractivity contribution is 0.105. The van der Waals surface area contributed by atoms with Crippen LogP contribution in [0.1, 0.15) is 44.0 Å². The molecule has 1 N–H and O–H groups in total. The second-order valence-electron chi connectivity index (χ2n) is 6.69. The van der Waals surface area contributed by atoms with Gasteiger partial charge in [-0.15, -0.1) is 0 Å². The standard InChI is InChI=1S/C16H27BrN4/c1-4-5-13-8-18-14(12-6-7-12)9-21(13)10-15-16(17)11(2)19-20(15)3/h12-14,18H,4-10H2,1-3H3. The monoisotopic (exact) mass is 354 g/mol. The first-order chi connectivity index (χ1) is 10.1. The first kappa shape index (κ1) is 15.5. The zero-order chi connectivity index (χ0) is 15.0. The van der Waals surface area contributed by atoms with Gasteiger partial charge in [-0.3, -0.25) is 9.58 Å². The van der Waals surface area contributed by atoms with Gasteiger partial charge in [0.15, 0.2) is 0 Å². The number of aromatic nitrogens is 2. The molecule has 118 valence electrons. The molecule has 1 aromatic heterocycles. The third kappa shape index (κ3) is 3.35. The molecule has 2 unspecified atom stereocenters. The van der Waals surface area contributed by atoms with Crippen molar-refractivity contribution in [3.63, 3.8) is 0 Å². The van der Waals surface area contributed by atoms with Crippen LogP contribution in [0.25, 0.3) is 0 Å². The predicted molar refractivity (Wildman–Crippen MR) is 89.3 cm³/mol. The largest absolute Gasteiger partial charge is 0.311 e. The Morgan fingerprint density at radius 3 is 2.71 bits per heavy atom. The minimum atomic E-state index is 0.659. The highest BCUT2D eigenvalue weighted by Gasteiger charge is 2.37. The van der Waals surface area contributed by atoms with E-state index >= 15 is 0 Å². The third-order valence-electron chi connectivity index (χ3n) is 4.99. The van der Waals surface area contributed by atoms with E-state index in [1.54, 1.807) is 0 Å². The summed E-state index contributed by atoms with van der Waals surface area (Å²) in [5, 5.41) is 8.33. The molecule has 4 nitrogen and oxygen atoms in total. The number of hydrogen-bond acceptors (Lipinski definition) is 3. The van der Waals surface area contributed by atoms with E-state index in [4.69, 9.17) is 0 Å². The number of piperazine rings is 1. The van der Waals surface area contributed by atoms with E-state index in [0.717, 1.165) is 24.7 Å². The van der Waals surface area contributed by atoms with Crippen molar-refractivity contribution in [3.05, 3.63) is 15.9 Å². The Morgan fingerprint density at radius 2 is 2.14 bits per heavy atom. The SMILES string of the molecule is CCCC1CNC(C2CC2)CN1Cc1c(Br)c(C)nn1C. The van der Waals surface area contributed by atoms with Crippen LogP contribution >= 0.6 is 15.9 Å². The summed E-state index contributed by atoms with van der Waals surface area (Å²) in [7, 11) is 2.06. The topological polar surface area (TPSA) is 33.1 Å². The predicted octanol–water partition coefficient (Wildman–Crippen LogP) is 2.84. The van der Waals surface area contributed by atoms with Crippen molar-refractivity contribution in [1.29, 1.82) is 0 Å². The van der Waals surface area contributed by atoms with Crippen LogP contribution < -0.4 is 5.32 Å². The van der Waals surface area contributed by atoms with Crippen molar-refractivity contribution in [3.8, 4) is 0 Å². The van der Waals surface area contributed by atoms with E-state index in [2.05, 4.69) is 52.1 Å². The van der Waals surface area contributed by atoms with E-state index in [1.165, 1.54) is 42.4 Å². The fourth-order valence-electron chi connectivity index (χ4n) is 3.55. The number of nitrogens with zero attached hydrogens (tertiary/aromatic N) is 3. The summed E-state index contributed by atoms with van der Waals surface area (Å²) in [4.78, 5) is 2.68. The van der Waals surface area contributed by atoms with Gasteiger partial charge in [-0.2, -0.15) is 5.10 Å². The molecule has 2 heterocycles. The van der Waals surface area contributed by atoms with E-state index in [9.17, 15) is 0 Å². The zero-order valence-electron chi connectivity index (χ0n) is 13.4. The lowest BCUT2D eigenvalue weighted by atomic mass is 10.0. The van der Waals surface area contributed by atoms with Gasteiger partial charge in [-0.25, -0.2) is 0 Å². The van der Waals surface area contributed by atoms with Crippen molar-refractivity contribution in [2.24, 2.45) is 13.0 Å². The fourth-order valence-corrected chi connectivity index (χ4v) is 4.01. The summed E-state index contributed by atoms with van der Waals surface area (Å²) >= 11 is 3.72. The lowest BCUT2D eigenvalue weighted by Gasteiger charge is -2.40. The molecular weight excluding hydrogens is 328 g/mol. The van der Waals surface area contributed by atoms with Gasteiger partial charge in [0.05, 0.1) is 15.9 Å². The average Bonchev–Trinajstić information content (AvgIpc) is 3.26. The molecule has 0 bridgehead atoms. The maximum Gasteiger partial charge on any atom is 0.0739 e. The molecule has 2 fully saturated rings. The third-order valence-corrected chi connectivity index (χ3v) is 6.02. The van der Waals surface area contributed by atoms with Crippen molar-refractivity contribution in [1.82, 2.24) is 20.0 Å². The molecule has 1 saturated heterocycles. The number of halogens is 1. The first-order valence-electron chi connectivity index (χ1n) is 8.25. The summed E-state index contributed by atoms with van der Waals surface area (Å²) in [6, 6.07) is 1.36. The smallest absolute Gasteiger partial charge is 0.0739 e. The van der Waals surface area contributed by atoms with Crippen LogP contribution in [0.3, 0.4) is 0 Å². The van der Waals surface area contributed by atoms with Gasteiger partial charge < -0.3 is 5.32 Å². The molecule has 3 rings (SSSR count). The van der Waals surface area contributed by atoms with Crippen LogP contribution in [0.5, 0.6) is 0 Å². The molecule has 2 aliphatic rings. The van der Waals surface area contributed by atoms with Gasteiger partial charge in [-0.05, 0) is 48.0 Å². The lowest BCUT2D eigenvalue weighted by Crippen LogP contribution is -2.56. The van der Waals surface area contributed by atoms with Gasteiger partial charge in [-0.1, -0.05) is 13.3 Å². The quantitative estimate of drug-likeness (QED) is 0.882. The van der Waals surface area contributed by atoms with Crippen molar-refractivity contribution in [2.75, 3.05) is 13.1 Å². The number of nitrogens with one attached hydrogen (secondary N) is 1. The molecule has 0 radical (unpaired) electrons. The molecule has 21 heavy (non-hydrogen) atoms. The van der Waals surface area contributed by atoms with Crippen LogP contribution in [-0.4, -0.2) is 39.9 Å². The Hall–Kier alpha value is -0.390. The summed E-state index contributed by atoms with van der Waals surface area (Å²) in [6.07, 6.45) is 5.36. The van der Waals surface area contributed by atoms with Gasteiger partial charge in [0, 0.05) is 38.8 Å². The molecule has 2 atom stereocenters. The van der Waals surface area contributed by atoms with E-state index in [0.29, 0.717) is 12.1 Å². The van der Waals surface area contributed by atoms with Crippen LogP contribution in [0.4, 0.5) is 0 Å². The zero-order valence-corrected chi connectivity index (χ0v) is 15.0. The molecule has 5 heteroatoms. The van der Waals surface area contributed by atoms with Gasteiger partial charge in [0.1, 0.15) is 0 Å². The van der Waals surface area contributed by atoms with E-state index < -0.39 is 0 Å². The van der Waals surface area contributed by atoms with Crippen LogP contribution in [0.2, 0.25) is 0 Å². The van der Waals surface area contributed by atoms with Crippen LogP contribution in [-0.2, 0) is 13.6 Å². The summed E-state index contributed by atoms with van der Waals surface area (Å²) in [6.45, 7) is 7.69. The summed E-state index contributed by atoms with van der Waals surface area (Å²) < 4.78 is 3.22. The Balaban J connectivity index is 1.74. The second-order valence-corrected chi connectivity index (χ2v) is 7.49. The molecule has 1 aromatic rings. The van der Waals surface area contributed by atoms with Crippen LogP contribution in [0.15, 0.2) is 4.47 Å². The summed E-state index contributed by atoms with van der Waals surface area (Å²) in [5.74, 6) is 0.923. The molecule has 0 spiro atoms. The van der Waals surface area contributed by atoms with Crippen molar-refractivity contribution < 1.29 is 0 Å². The van der Waals surface area contributed by atoms with Crippen molar-refractivity contribution in [2.45, 2.75) is 58.2 Å². The fraction of sp³-hybridized carbons (Fsp3) is 0.812. The highest BCUT2D eigenvalue weighted by Crippen LogP contribution is 2.35. The van der Waals surface area contributed by atoms with E-state index in [-0.39, 0.29) is 0 Å². The van der Waals surface area contributed by atoms with Gasteiger partial charge in [0.25, 0.3) is 0 Å². The molecule has 0 aromatic carbocycles. The summed E-state index contributed by atoms with van der Waals surface area (Å²) in [5.41, 5.74) is 2.40. The minimum Gasteiger partial charge on any atom is -0.311 e. The number of rotatable bonds is 5. The molecule has 1 saturated carbocycles. The Labute approximate surface area is 136 Å². The highest BCUT2D eigenvalue weighted by atomic mass is 79.9. The van der Waals surface area contributed by atoms with Crippen LogP contribution in [0, 0.1) is 12.8 Å². The maximum atomic E-state index is 4.54. The number of aryl methyl sites for hydroxylation is 2. The molecule has 1 aliphatic carbocycles. The highest BCUT2D eigenvalue weighted by molar-refractivity contribution is 9.10. The Kier molecular flexibility index (Phi) is 4.71. The van der Waals surface area contributed by atoms with E-state index in [1.807, 2.05) is 4.68 Å². The minimum absolute atomic E-state index is 0.659. The van der Waals surface area contributed by atoms with Gasteiger partial charge in [0.2, 0.25) is 0 Å². The van der Waals surface area contributed by atoms with Crippen molar-refractivity contribution >= 4 is 15.9 Å². The maximum absolute atomic E-state index is 4.54. The Bertz CT molecular complexity index is 495. The molecule has 1 aliphatic heterocycles. The second kappa shape index (κ2) is 6.39. The normalized spacial score (nSPS) is 27.2. The van der Waals surface area contributed by atoms with Gasteiger partial charge >= 0.3 is 0 Å². The Morgan fingerprint density at radius 1 is 1.38 bits per heavy atom. The molecule has 0 amide bonds. The average molecular weight is 355 g/mol. The number of hydrogen-bond donors (Lipinski definition) is 1.